The molecule has 0 aliphatic carbocycles. The van der Waals surface area contributed by atoms with Crippen molar-refractivity contribution in [3.05, 3.63) is 41.6 Å². The van der Waals surface area contributed by atoms with Crippen molar-refractivity contribution in [2.24, 2.45) is 5.92 Å². The van der Waals surface area contributed by atoms with Crippen LogP contribution < -0.4 is 0 Å². The van der Waals surface area contributed by atoms with Crippen molar-refractivity contribution in [3.8, 4) is 11.3 Å². The molecule has 0 bridgehead atoms. The van der Waals surface area contributed by atoms with Crippen LogP contribution in [0, 0.1) is 5.92 Å². The normalized spacial score (nSPS) is 11.1. The first-order valence-corrected chi connectivity index (χ1v) is 5.93. The average Bonchev–Trinajstić information content (AvgIpc) is 2.78. The molecule has 0 saturated carbocycles. The maximum atomic E-state index is 8.97. The molecule has 3 heteroatoms. The minimum Gasteiger partial charge on any atom is -0.390 e. The van der Waals surface area contributed by atoms with E-state index in [2.05, 4.69) is 48.3 Å². The molecule has 1 heterocycles. The van der Waals surface area contributed by atoms with Gasteiger partial charge in [-0.3, -0.25) is 5.10 Å². The highest BCUT2D eigenvalue weighted by atomic mass is 16.3. The number of nitrogens with one attached hydrogen (secondary N) is 1. The summed E-state index contributed by atoms with van der Waals surface area (Å²) in [7, 11) is 0. The molecule has 17 heavy (non-hydrogen) atoms. The van der Waals surface area contributed by atoms with Crippen molar-refractivity contribution < 1.29 is 5.11 Å². The molecule has 0 amide bonds. The zero-order chi connectivity index (χ0) is 12.3. The first-order valence-electron chi connectivity index (χ1n) is 5.93. The Bertz CT molecular complexity index is 471. The van der Waals surface area contributed by atoms with Gasteiger partial charge in [-0.05, 0) is 24.0 Å². The van der Waals surface area contributed by atoms with E-state index >= 15 is 0 Å². The molecule has 0 aliphatic heterocycles. The lowest BCUT2D eigenvalue weighted by molar-refractivity contribution is 0.276. The van der Waals surface area contributed by atoms with Crippen LogP contribution in [-0.4, -0.2) is 15.3 Å². The Morgan fingerprint density at radius 2 is 1.94 bits per heavy atom. The average molecular weight is 230 g/mol. The molecular weight excluding hydrogens is 212 g/mol. The van der Waals surface area contributed by atoms with E-state index in [1.165, 1.54) is 5.56 Å². The minimum absolute atomic E-state index is 0.00155. The summed E-state index contributed by atoms with van der Waals surface area (Å²) in [5.41, 5.74) is 4.05. The maximum absolute atomic E-state index is 8.97. The Hall–Kier alpha value is -1.61. The monoisotopic (exact) mass is 230 g/mol. The minimum atomic E-state index is -0.00155. The van der Waals surface area contributed by atoms with Crippen molar-refractivity contribution in [2.75, 3.05) is 0 Å². The van der Waals surface area contributed by atoms with Gasteiger partial charge in [-0.15, -0.1) is 0 Å². The van der Waals surface area contributed by atoms with Gasteiger partial charge in [-0.25, -0.2) is 0 Å². The molecule has 2 aromatic rings. The molecule has 2 N–H and O–H groups in total. The third-order valence-corrected chi connectivity index (χ3v) is 2.69. The van der Waals surface area contributed by atoms with Gasteiger partial charge in [0.05, 0.1) is 18.0 Å². The van der Waals surface area contributed by atoms with Crippen LogP contribution in [0.4, 0.5) is 0 Å². The fourth-order valence-electron chi connectivity index (χ4n) is 1.87. The molecular formula is C14H18N2O. The van der Waals surface area contributed by atoms with E-state index < -0.39 is 0 Å². The first-order chi connectivity index (χ1) is 8.19. The van der Waals surface area contributed by atoms with Gasteiger partial charge >= 0.3 is 0 Å². The van der Waals surface area contributed by atoms with Crippen molar-refractivity contribution in [2.45, 2.75) is 26.9 Å². The van der Waals surface area contributed by atoms with E-state index in [9.17, 15) is 0 Å². The highest BCUT2D eigenvalue weighted by molar-refractivity contribution is 5.59. The third-order valence-electron chi connectivity index (χ3n) is 2.69. The predicted molar refractivity (Wildman–Crippen MR) is 68.5 cm³/mol. The second kappa shape index (κ2) is 5.15. The van der Waals surface area contributed by atoms with Gasteiger partial charge in [0.1, 0.15) is 0 Å². The van der Waals surface area contributed by atoms with Crippen LogP contribution in [-0.2, 0) is 13.0 Å². The fraction of sp³-hybridized carbons (Fsp3) is 0.357. The summed E-state index contributed by atoms with van der Waals surface area (Å²) in [4.78, 5) is 0. The standard InChI is InChI=1S/C14H18N2O/c1-10(2)7-11-3-5-12(6-4-11)14-8-13(9-17)15-16-14/h3-6,8,10,17H,7,9H2,1-2H3,(H,15,16). The Morgan fingerprint density at radius 1 is 1.24 bits per heavy atom. The van der Waals surface area contributed by atoms with Gasteiger partial charge in [-0.2, -0.15) is 5.10 Å². The molecule has 90 valence electrons. The molecule has 1 aromatic heterocycles. The van der Waals surface area contributed by atoms with Crippen LogP contribution in [0.3, 0.4) is 0 Å². The van der Waals surface area contributed by atoms with E-state index in [1.54, 1.807) is 0 Å². The molecule has 0 saturated heterocycles. The summed E-state index contributed by atoms with van der Waals surface area (Å²) in [6, 6.07) is 10.3. The van der Waals surface area contributed by atoms with Gasteiger partial charge in [0, 0.05) is 5.56 Å². The van der Waals surface area contributed by atoms with Crippen LogP contribution in [0.25, 0.3) is 11.3 Å². The first kappa shape index (κ1) is 11.9. The summed E-state index contributed by atoms with van der Waals surface area (Å²) in [5.74, 6) is 0.673. The van der Waals surface area contributed by atoms with Gasteiger partial charge in [0.15, 0.2) is 0 Å². The lowest BCUT2D eigenvalue weighted by Crippen LogP contribution is -1.93. The van der Waals surface area contributed by atoms with Crippen LogP contribution >= 0.6 is 0 Å². The number of aliphatic hydroxyl groups excluding tert-OH is 1. The Balaban J connectivity index is 2.17. The van der Waals surface area contributed by atoms with Crippen molar-refractivity contribution >= 4 is 0 Å². The Morgan fingerprint density at radius 3 is 2.47 bits per heavy atom. The molecule has 1 aromatic carbocycles. The van der Waals surface area contributed by atoms with Gasteiger partial charge in [0.2, 0.25) is 0 Å². The summed E-state index contributed by atoms with van der Waals surface area (Å²) in [5, 5.41) is 15.9. The van der Waals surface area contributed by atoms with E-state index in [1.807, 2.05) is 6.07 Å². The van der Waals surface area contributed by atoms with E-state index in [4.69, 9.17) is 5.11 Å². The second-order valence-electron chi connectivity index (χ2n) is 4.73. The van der Waals surface area contributed by atoms with Crippen molar-refractivity contribution in [3.63, 3.8) is 0 Å². The highest BCUT2D eigenvalue weighted by Crippen LogP contribution is 2.19. The van der Waals surface area contributed by atoms with Crippen molar-refractivity contribution in [1.82, 2.24) is 10.2 Å². The number of nitrogens with zero attached hydrogens (tertiary/aromatic N) is 1. The Kier molecular flexibility index (Phi) is 3.59. The predicted octanol–water partition coefficient (Wildman–Crippen LogP) is 2.77. The van der Waals surface area contributed by atoms with Gasteiger partial charge in [-0.1, -0.05) is 38.1 Å². The highest BCUT2D eigenvalue weighted by Gasteiger charge is 2.04. The number of aromatic nitrogens is 2. The Labute approximate surface area is 102 Å². The zero-order valence-electron chi connectivity index (χ0n) is 10.3. The number of aromatic amines is 1. The van der Waals surface area contributed by atoms with Gasteiger partial charge in [0.25, 0.3) is 0 Å². The fourth-order valence-corrected chi connectivity index (χ4v) is 1.87. The molecule has 2 rings (SSSR count). The molecule has 0 unspecified atom stereocenters. The van der Waals surface area contributed by atoms with E-state index in [0.29, 0.717) is 5.92 Å². The van der Waals surface area contributed by atoms with E-state index in [0.717, 1.165) is 23.4 Å². The molecule has 0 spiro atoms. The van der Waals surface area contributed by atoms with Crippen molar-refractivity contribution in [1.29, 1.82) is 0 Å². The SMILES string of the molecule is CC(C)Cc1ccc(-c2cc(CO)[nH]n2)cc1. The zero-order valence-corrected chi connectivity index (χ0v) is 10.3. The second-order valence-corrected chi connectivity index (χ2v) is 4.73. The van der Waals surface area contributed by atoms with Gasteiger partial charge < -0.3 is 5.11 Å². The number of H-pyrrole nitrogens is 1. The van der Waals surface area contributed by atoms with Crippen LogP contribution in [0.5, 0.6) is 0 Å². The van der Waals surface area contributed by atoms with Crippen LogP contribution in [0.15, 0.2) is 30.3 Å². The number of hydrogen-bond donors (Lipinski definition) is 2. The summed E-state index contributed by atoms with van der Waals surface area (Å²) < 4.78 is 0. The molecule has 0 fully saturated rings. The lowest BCUT2D eigenvalue weighted by Gasteiger charge is -2.05. The lowest BCUT2D eigenvalue weighted by atomic mass is 10.0. The summed E-state index contributed by atoms with van der Waals surface area (Å²) in [6.45, 7) is 4.43. The van der Waals surface area contributed by atoms with Crippen LogP contribution in [0.1, 0.15) is 25.1 Å². The molecule has 3 nitrogen and oxygen atoms in total. The smallest absolute Gasteiger partial charge is 0.0924 e. The topological polar surface area (TPSA) is 48.9 Å². The number of benzene rings is 1. The van der Waals surface area contributed by atoms with Crippen LogP contribution in [0.2, 0.25) is 0 Å². The molecule has 0 atom stereocenters. The molecule has 0 aliphatic rings. The largest absolute Gasteiger partial charge is 0.390 e. The summed E-state index contributed by atoms with van der Waals surface area (Å²) >= 11 is 0. The summed E-state index contributed by atoms with van der Waals surface area (Å²) in [6.07, 6.45) is 1.10. The molecule has 0 radical (unpaired) electrons. The number of hydrogen-bond acceptors (Lipinski definition) is 2. The van der Waals surface area contributed by atoms with E-state index in [-0.39, 0.29) is 6.61 Å². The third kappa shape index (κ3) is 2.94. The number of aliphatic hydroxyl groups is 1. The number of rotatable bonds is 4. The maximum Gasteiger partial charge on any atom is 0.0924 e. The quantitative estimate of drug-likeness (QED) is 0.848.